The van der Waals surface area contributed by atoms with Crippen molar-refractivity contribution in [3.8, 4) is 11.3 Å². The molecule has 0 bridgehead atoms. The van der Waals surface area contributed by atoms with E-state index in [1.54, 1.807) is 32.2 Å². The minimum absolute atomic E-state index is 0.0951. The topological polar surface area (TPSA) is 90.0 Å². The first-order chi connectivity index (χ1) is 13.4. The van der Waals surface area contributed by atoms with Gasteiger partial charge in [-0.2, -0.15) is 5.10 Å². The normalized spacial score (nSPS) is 15.9. The number of hydrogen-bond donors (Lipinski definition) is 1. The number of amides is 1. The van der Waals surface area contributed by atoms with Crippen LogP contribution in [-0.2, 0) is 19.9 Å². The van der Waals surface area contributed by atoms with Crippen LogP contribution in [0.5, 0.6) is 0 Å². The lowest BCUT2D eigenvalue weighted by Crippen LogP contribution is -2.40. The first kappa shape index (κ1) is 18.4. The highest BCUT2D eigenvalue weighted by molar-refractivity contribution is 6.33. The second-order valence-electron chi connectivity index (χ2n) is 6.93. The molecule has 1 aliphatic carbocycles. The first-order valence-electron chi connectivity index (χ1n) is 9.02. The van der Waals surface area contributed by atoms with Gasteiger partial charge in [0.05, 0.1) is 10.7 Å². The molecule has 0 saturated carbocycles. The number of aromatic nitrogens is 3. The average molecular weight is 399 g/mol. The fourth-order valence-electron chi connectivity index (χ4n) is 3.54. The Kier molecular flexibility index (Phi) is 4.77. The van der Waals surface area contributed by atoms with Gasteiger partial charge in [-0.25, -0.2) is 4.68 Å². The van der Waals surface area contributed by atoms with Crippen molar-refractivity contribution in [1.29, 1.82) is 0 Å². The quantitative estimate of drug-likeness (QED) is 0.732. The number of fused-ring (bicyclic) bond motifs is 1. The monoisotopic (exact) mass is 398 g/mol. The Morgan fingerprint density at radius 2 is 2.14 bits per heavy atom. The minimum Gasteiger partial charge on any atom is -0.360 e. The summed E-state index contributed by atoms with van der Waals surface area (Å²) < 4.78 is 6.62. The third-order valence-electron chi connectivity index (χ3n) is 5.01. The molecule has 0 radical (unpaired) electrons. The van der Waals surface area contributed by atoms with Gasteiger partial charge in [0.25, 0.3) is 11.5 Å². The largest absolute Gasteiger partial charge is 0.360 e. The summed E-state index contributed by atoms with van der Waals surface area (Å²) in [6.45, 7) is 1.70. The highest BCUT2D eigenvalue weighted by atomic mass is 35.5. The molecule has 1 atom stereocenters. The van der Waals surface area contributed by atoms with Gasteiger partial charge >= 0.3 is 0 Å². The van der Waals surface area contributed by atoms with Gasteiger partial charge in [-0.1, -0.05) is 35.0 Å². The summed E-state index contributed by atoms with van der Waals surface area (Å²) in [5.74, 6) is 0.165. The van der Waals surface area contributed by atoms with Crippen molar-refractivity contribution >= 4 is 17.5 Å². The standard InChI is InChI=1S/C20H19ClN4O3/c1-11-18(19(24-28-11)14-5-3-4-6-15(14)21)20(27)22-13-7-8-16-12(9-13)10-17(26)25(2)23-16/h3-6,10,13H,7-9H2,1-2H3,(H,22,27)/t13-/m1/s1. The fraction of sp³-hybridized carbons (Fsp3) is 0.300. The number of benzene rings is 1. The fourth-order valence-corrected chi connectivity index (χ4v) is 3.77. The first-order valence-corrected chi connectivity index (χ1v) is 9.40. The van der Waals surface area contributed by atoms with E-state index < -0.39 is 0 Å². The van der Waals surface area contributed by atoms with Crippen molar-refractivity contribution < 1.29 is 9.32 Å². The van der Waals surface area contributed by atoms with Crippen molar-refractivity contribution in [1.82, 2.24) is 20.3 Å². The molecule has 8 heteroatoms. The number of nitrogens with one attached hydrogen (secondary N) is 1. The Bertz CT molecular complexity index is 1120. The van der Waals surface area contributed by atoms with Crippen LogP contribution in [0.4, 0.5) is 0 Å². The number of carbonyl (C=O) groups is 1. The lowest BCUT2D eigenvalue weighted by molar-refractivity contribution is 0.0932. The van der Waals surface area contributed by atoms with Crippen molar-refractivity contribution in [3.05, 3.63) is 68.3 Å². The van der Waals surface area contributed by atoms with E-state index in [9.17, 15) is 9.59 Å². The molecule has 2 heterocycles. The van der Waals surface area contributed by atoms with E-state index in [1.807, 2.05) is 12.1 Å². The number of halogens is 1. The second kappa shape index (κ2) is 7.24. The summed E-state index contributed by atoms with van der Waals surface area (Å²) >= 11 is 6.27. The molecule has 3 aromatic rings. The zero-order valence-corrected chi connectivity index (χ0v) is 16.3. The van der Waals surface area contributed by atoms with E-state index in [-0.39, 0.29) is 17.5 Å². The molecule has 0 aliphatic heterocycles. The summed E-state index contributed by atoms with van der Waals surface area (Å²) in [6.07, 6.45) is 2.01. The van der Waals surface area contributed by atoms with Gasteiger partial charge in [-0.15, -0.1) is 0 Å². The zero-order chi connectivity index (χ0) is 19.8. The second-order valence-corrected chi connectivity index (χ2v) is 7.34. The Balaban J connectivity index is 1.58. The van der Waals surface area contributed by atoms with Crippen LogP contribution < -0.4 is 10.9 Å². The summed E-state index contributed by atoms with van der Waals surface area (Å²) in [5, 5.41) is 11.9. The van der Waals surface area contributed by atoms with Gasteiger partial charge in [0, 0.05) is 24.7 Å². The molecule has 2 aromatic heterocycles. The lowest BCUT2D eigenvalue weighted by Gasteiger charge is -2.24. The van der Waals surface area contributed by atoms with Crippen LogP contribution in [0.2, 0.25) is 5.02 Å². The molecule has 1 amide bonds. The SMILES string of the molecule is Cc1onc(-c2ccccc2Cl)c1C(=O)N[C@@H]1CCc2nn(C)c(=O)cc2C1. The van der Waals surface area contributed by atoms with E-state index in [0.29, 0.717) is 40.4 Å². The van der Waals surface area contributed by atoms with Crippen molar-refractivity contribution in [2.45, 2.75) is 32.2 Å². The Morgan fingerprint density at radius 1 is 1.36 bits per heavy atom. The Labute approximate surface area is 166 Å². The summed E-state index contributed by atoms with van der Waals surface area (Å²) in [6, 6.07) is 8.69. The average Bonchev–Trinajstić information content (AvgIpc) is 3.04. The number of carbonyl (C=O) groups excluding carboxylic acids is 1. The highest BCUT2D eigenvalue weighted by Crippen LogP contribution is 2.31. The van der Waals surface area contributed by atoms with Crippen LogP contribution in [0.3, 0.4) is 0 Å². The summed E-state index contributed by atoms with van der Waals surface area (Å²) in [5.41, 5.74) is 3.08. The molecule has 144 valence electrons. The molecule has 7 nitrogen and oxygen atoms in total. The predicted molar refractivity (Wildman–Crippen MR) is 104 cm³/mol. The van der Waals surface area contributed by atoms with Crippen molar-refractivity contribution in [3.63, 3.8) is 0 Å². The number of hydrogen-bond acceptors (Lipinski definition) is 5. The molecule has 0 fully saturated rings. The van der Waals surface area contributed by atoms with Gasteiger partial charge in [-0.3, -0.25) is 9.59 Å². The van der Waals surface area contributed by atoms with Gasteiger partial charge < -0.3 is 9.84 Å². The number of rotatable bonds is 3. The van der Waals surface area contributed by atoms with Crippen LogP contribution in [0, 0.1) is 6.92 Å². The molecular formula is C20H19ClN4O3. The van der Waals surface area contributed by atoms with E-state index >= 15 is 0 Å². The van der Waals surface area contributed by atoms with E-state index in [1.165, 1.54) is 4.68 Å². The molecule has 0 saturated heterocycles. The molecule has 0 spiro atoms. The van der Waals surface area contributed by atoms with E-state index in [0.717, 1.165) is 17.7 Å². The maximum Gasteiger partial charge on any atom is 0.266 e. The molecule has 4 rings (SSSR count). The van der Waals surface area contributed by atoms with Gasteiger partial charge in [0.15, 0.2) is 0 Å². The number of nitrogens with zero attached hydrogens (tertiary/aromatic N) is 3. The molecule has 28 heavy (non-hydrogen) atoms. The van der Waals surface area contributed by atoms with E-state index in [2.05, 4.69) is 15.6 Å². The van der Waals surface area contributed by atoms with Crippen LogP contribution in [-0.4, -0.2) is 26.9 Å². The predicted octanol–water partition coefficient (Wildman–Crippen LogP) is 2.68. The van der Waals surface area contributed by atoms with Crippen LogP contribution >= 0.6 is 11.6 Å². The van der Waals surface area contributed by atoms with Crippen LogP contribution in [0.1, 0.15) is 33.8 Å². The summed E-state index contributed by atoms with van der Waals surface area (Å²) in [4.78, 5) is 24.9. The Hall–Kier alpha value is -2.93. The van der Waals surface area contributed by atoms with Gasteiger partial charge in [0.1, 0.15) is 17.0 Å². The molecule has 1 N–H and O–H groups in total. The van der Waals surface area contributed by atoms with Crippen LogP contribution in [0.15, 0.2) is 39.6 Å². The Morgan fingerprint density at radius 3 is 2.93 bits per heavy atom. The third-order valence-corrected chi connectivity index (χ3v) is 5.34. The third kappa shape index (κ3) is 3.33. The van der Waals surface area contributed by atoms with E-state index in [4.69, 9.17) is 16.1 Å². The summed E-state index contributed by atoms with van der Waals surface area (Å²) in [7, 11) is 1.64. The maximum atomic E-state index is 13.0. The number of aryl methyl sites for hydroxylation is 3. The van der Waals surface area contributed by atoms with Gasteiger partial charge in [0.2, 0.25) is 0 Å². The molecular weight excluding hydrogens is 380 g/mol. The molecule has 1 aromatic carbocycles. The molecule has 1 aliphatic rings. The lowest BCUT2D eigenvalue weighted by atomic mass is 9.92. The van der Waals surface area contributed by atoms with Crippen molar-refractivity contribution in [2.75, 3.05) is 0 Å². The smallest absolute Gasteiger partial charge is 0.266 e. The minimum atomic E-state index is -0.265. The highest BCUT2D eigenvalue weighted by Gasteiger charge is 2.27. The van der Waals surface area contributed by atoms with Crippen molar-refractivity contribution in [2.24, 2.45) is 7.05 Å². The molecule has 0 unspecified atom stereocenters. The zero-order valence-electron chi connectivity index (χ0n) is 15.5. The maximum absolute atomic E-state index is 13.0. The van der Waals surface area contributed by atoms with Gasteiger partial charge in [-0.05, 0) is 37.8 Å². The van der Waals surface area contributed by atoms with Crippen LogP contribution in [0.25, 0.3) is 11.3 Å².